The van der Waals surface area contributed by atoms with E-state index >= 15 is 0 Å². The molecular formula is C19H17FN2O. The van der Waals surface area contributed by atoms with E-state index in [2.05, 4.69) is 30.7 Å². The maximum atomic E-state index is 13.7. The lowest BCUT2D eigenvalue weighted by Gasteiger charge is -2.29. The Balaban J connectivity index is 1.95. The summed E-state index contributed by atoms with van der Waals surface area (Å²) in [5.74, 6) is 5.28. The topological polar surface area (TPSA) is 56.0 Å². The first kappa shape index (κ1) is 15.2. The van der Waals surface area contributed by atoms with Crippen LogP contribution in [0, 0.1) is 23.1 Å². The van der Waals surface area contributed by atoms with Crippen molar-refractivity contribution in [3.8, 4) is 11.8 Å². The first-order valence-electron chi connectivity index (χ1n) is 7.43. The summed E-state index contributed by atoms with van der Waals surface area (Å²) >= 11 is 0. The fourth-order valence-electron chi connectivity index (χ4n) is 2.77. The number of Topliss-reactive ketones (excluding diaryl/α,β-unsaturated/α-hetero) is 1. The number of anilines is 1. The summed E-state index contributed by atoms with van der Waals surface area (Å²) in [5.41, 5.74) is 8.30. The van der Waals surface area contributed by atoms with Gasteiger partial charge in [-0.25, -0.2) is 4.39 Å². The van der Waals surface area contributed by atoms with Crippen LogP contribution in [-0.2, 0) is 6.42 Å². The molecule has 1 aliphatic rings. The number of nitrogens with two attached hydrogens (primary N) is 1. The largest absolute Gasteiger partial charge is 0.399 e. The number of hydrogen-bond donors (Lipinski definition) is 1. The van der Waals surface area contributed by atoms with Crippen LogP contribution in [0.15, 0.2) is 30.5 Å². The summed E-state index contributed by atoms with van der Waals surface area (Å²) in [4.78, 5) is 16.6. The molecule has 0 atom stereocenters. The van der Waals surface area contributed by atoms with E-state index in [1.54, 1.807) is 12.3 Å². The summed E-state index contributed by atoms with van der Waals surface area (Å²) in [7, 11) is 0. The third kappa shape index (κ3) is 3.24. The normalized spacial score (nSPS) is 15.5. The molecule has 0 unspecified atom stereocenters. The number of benzene rings is 1. The lowest BCUT2D eigenvalue weighted by Crippen LogP contribution is -2.27. The molecule has 4 heteroatoms. The molecule has 2 aromatic rings. The van der Waals surface area contributed by atoms with Gasteiger partial charge in [0, 0.05) is 29.4 Å². The highest BCUT2D eigenvalue weighted by molar-refractivity contribution is 5.98. The van der Waals surface area contributed by atoms with Crippen molar-refractivity contribution in [3.63, 3.8) is 0 Å². The minimum atomic E-state index is -0.421. The van der Waals surface area contributed by atoms with Crippen LogP contribution in [0.1, 0.15) is 47.4 Å². The Labute approximate surface area is 134 Å². The molecule has 116 valence electrons. The molecule has 0 amide bonds. The van der Waals surface area contributed by atoms with E-state index in [0.29, 0.717) is 23.2 Å². The Kier molecular flexibility index (Phi) is 3.65. The van der Waals surface area contributed by atoms with Gasteiger partial charge in [0.15, 0.2) is 5.78 Å². The van der Waals surface area contributed by atoms with Gasteiger partial charge in [-0.3, -0.25) is 9.78 Å². The van der Waals surface area contributed by atoms with Gasteiger partial charge < -0.3 is 5.73 Å². The third-order valence-electron chi connectivity index (χ3n) is 3.89. The van der Waals surface area contributed by atoms with Crippen molar-refractivity contribution in [1.82, 2.24) is 4.98 Å². The van der Waals surface area contributed by atoms with Gasteiger partial charge in [-0.2, -0.15) is 0 Å². The molecule has 0 saturated carbocycles. The van der Waals surface area contributed by atoms with Crippen molar-refractivity contribution in [2.24, 2.45) is 5.41 Å². The molecule has 0 aliphatic heterocycles. The minimum absolute atomic E-state index is 0.0605. The van der Waals surface area contributed by atoms with Crippen molar-refractivity contribution < 1.29 is 9.18 Å². The van der Waals surface area contributed by atoms with Gasteiger partial charge in [-0.15, -0.1) is 0 Å². The van der Waals surface area contributed by atoms with Crippen LogP contribution in [0.5, 0.6) is 0 Å². The maximum Gasteiger partial charge on any atom is 0.165 e. The second kappa shape index (κ2) is 5.51. The number of carbonyl (C=O) groups excluding carboxylic acids is 1. The highest BCUT2D eigenvalue weighted by Crippen LogP contribution is 2.33. The van der Waals surface area contributed by atoms with Crippen LogP contribution >= 0.6 is 0 Å². The molecule has 0 radical (unpaired) electrons. The second-order valence-electron chi connectivity index (χ2n) is 6.65. The summed E-state index contributed by atoms with van der Waals surface area (Å²) in [5, 5.41) is 0. The average Bonchev–Trinajstić information content (AvgIpc) is 2.47. The summed E-state index contributed by atoms with van der Waals surface area (Å²) in [6, 6.07) is 6.01. The van der Waals surface area contributed by atoms with Gasteiger partial charge in [-0.1, -0.05) is 25.7 Å². The highest BCUT2D eigenvalue weighted by Gasteiger charge is 2.31. The molecule has 1 aromatic heterocycles. The van der Waals surface area contributed by atoms with Gasteiger partial charge in [0.2, 0.25) is 0 Å². The third-order valence-corrected chi connectivity index (χ3v) is 3.89. The molecule has 0 bridgehead atoms. The first-order chi connectivity index (χ1) is 10.8. The van der Waals surface area contributed by atoms with Gasteiger partial charge in [-0.05, 0) is 36.1 Å². The quantitative estimate of drug-likeness (QED) is 0.600. The molecule has 23 heavy (non-hydrogen) atoms. The monoisotopic (exact) mass is 308 g/mol. The molecule has 1 heterocycles. The second-order valence-corrected chi connectivity index (χ2v) is 6.65. The number of aromatic nitrogens is 1. The lowest BCUT2D eigenvalue weighted by molar-refractivity contribution is 0.0910. The SMILES string of the molecule is CC1(C)CC(=O)c2cc(C#Cc3cc(N)ccc3F)cnc2C1. The van der Waals surface area contributed by atoms with Gasteiger partial charge >= 0.3 is 0 Å². The number of rotatable bonds is 0. The highest BCUT2D eigenvalue weighted by atomic mass is 19.1. The van der Waals surface area contributed by atoms with Crippen LogP contribution in [0.25, 0.3) is 0 Å². The van der Waals surface area contributed by atoms with E-state index in [1.807, 2.05) is 0 Å². The summed E-state index contributed by atoms with van der Waals surface area (Å²) < 4.78 is 13.7. The van der Waals surface area contributed by atoms with Crippen molar-refractivity contribution in [1.29, 1.82) is 0 Å². The minimum Gasteiger partial charge on any atom is -0.399 e. The number of fused-ring (bicyclic) bond motifs is 1. The van der Waals surface area contributed by atoms with Gasteiger partial charge in [0.05, 0.1) is 11.3 Å². The molecule has 2 N–H and O–H groups in total. The Morgan fingerprint density at radius 3 is 2.78 bits per heavy atom. The molecule has 1 aromatic carbocycles. The van der Waals surface area contributed by atoms with Crippen LogP contribution < -0.4 is 5.73 Å². The molecule has 0 fully saturated rings. The van der Waals surface area contributed by atoms with E-state index in [1.165, 1.54) is 18.2 Å². The Bertz CT molecular complexity index is 859. The van der Waals surface area contributed by atoms with E-state index in [0.717, 1.165) is 12.1 Å². The number of carbonyl (C=O) groups is 1. The van der Waals surface area contributed by atoms with Crippen LogP contribution in [0.3, 0.4) is 0 Å². The Hall–Kier alpha value is -2.67. The van der Waals surface area contributed by atoms with Gasteiger partial charge in [0.1, 0.15) is 5.82 Å². The average molecular weight is 308 g/mol. The van der Waals surface area contributed by atoms with Crippen molar-refractivity contribution in [3.05, 3.63) is 58.7 Å². The predicted octanol–water partition coefficient (Wildman–Crippen LogP) is 3.36. The predicted molar refractivity (Wildman–Crippen MR) is 87.5 cm³/mol. The van der Waals surface area contributed by atoms with E-state index in [4.69, 9.17) is 5.73 Å². The van der Waals surface area contributed by atoms with Crippen molar-refractivity contribution in [2.45, 2.75) is 26.7 Å². The zero-order valence-corrected chi connectivity index (χ0v) is 13.1. The summed E-state index contributed by atoms with van der Waals surface area (Å²) in [6.45, 7) is 4.12. The molecule has 3 nitrogen and oxygen atoms in total. The molecule has 3 rings (SSSR count). The number of hydrogen-bond acceptors (Lipinski definition) is 3. The Morgan fingerprint density at radius 2 is 2.00 bits per heavy atom. The number of nitrogens with zero attached hydrogens (tertiary/aromatic N) is 1. The number of halogens is 1. The zero-order chi connectivity index (χ0) is 16.6. The van der Waals surface area contributed by atoms with Crippen molar-refractivity contribution in [2.75, 3.05) is 5.73 Å². The molecular weight excluding hydrogens is 291 g/mol. The van der Waals surface area contributed by atoms with E-state index in [9.17, 15) is 9.18 Å². The first-order valence-corrected chi connectivity index (χ1v) is 7.43. The van der Waals surface area contributed by atoms with Crippen LogP contribution in [0.4, 0.5) is 10.1 Å². The van der Waals surface area contributed by atoms with Crippen molar-refractivity contribution >= 4 is 11.5 Å². The van der Waals surface area contributed by atoms with E-state index < -0.39 is 5.82 Å². The molecule has 0 spiro atoms. The van der Waals surface area contributed by atoms with E-state index in [-0.39, 0.29) is 16.8 Å². The lowest BCUT2D eigenvalue weighted by atomic mass is 9.75. The fraction of sp³-hybridized carbons (Fsp3) is 0.263. The number of ketones is 1. The number of pyridine rings is 1. The van der Waals surface area contributed by atoms with Crippen LogP contribution in [-0.4, -0.2) is 10.8 Å². The van der Waals surface area contributed by atoms with Gasteiger partial charge in [0.25, 0.3) is 0 Å². The Morgan fingerprint density at radius 1 is 1.22 bits per heavy atom. The summed E-state index contributed by atoms with van der Waals surface area (Å²) in [6.07, 6.45) is 2.90. The maximum absolute atomic E-state index is 13.7. The fourth-order valence-corrected chi connectivity index (χ4v) is 2.77. The molecule has 1 aliphatic carbocycles. The zero-order valence-electron chi connectivity index (χ0n) is 13.1. The molecule has 0 saturated heterocycles. The van der Waals surface area contributed by atoms with Crippen LogP contribution in [0.2, 0.25) is 0 Å². The standard InChI is InChI=1S/C19H17FN2O/c1-19(2)9-17-15(18(23)10-19)7-12(11-22-17)3-4-13-8-14(21)5-6-16(13)20/h5-8,11H,9-10,21H2,1-2H3. The smallest absolute Gasteiger partial charge is 0.165 e. The number of nitrogen functional groups attached to an aromatic ring is 1.